The van der Waals surface area contributed by atoms with E-state index in [1.54, 1.807) is 7.11 Å². The lowest BCUT2D eigenvalue weighted by molar-refractivity contribution is -0.118. The van der Waals surface area contributed by atoms with E-state index in [4.69, 9.17) is 15.2 Å². The van der Waals surface area contributed by atoms with Gasteiger partial charge in [0, 0.05) is 19.3 Å². The van der Waals surface area contributed by atoms with Gasteiger partial charge in [0.05, 0.1) is 19.1 Å². The van der Waals surface area contributed by atoms with Crippen LogP contribution in [0.1, 0.15) is 19.3 Å². The molecule has 1 saturated carbocycles. The van der Waals surface area contributed by atoms with E-state index >= 15 is 0 Å². The standard InChI is InChI=1S/C15H22N2O3/c1-19-14(9-16)8-15(18)17-12-4-6-13(7-5-12)20-10-11-2-3-11/h4-7,11,14H,2-3,8-10,16H2,1H3,(H,17,18). The molecule has 1 amide bonds. The molecule has 0 bridgehead atoms. The highest BCUT2D eigenvalue weighted by atomic mass is 16.5. The number of hydrogen-bond donors (Lipinski definition) is 2. The SMILES string of the molecule is COC(CN)CC(=O)Nc1ccc(OCC2CC2)cc1. The van der Waals surface area contributed by atoms with Gasteiger partial charge < -0.3 is 20.5 Å². The third-order valence-corrected chi connectivity index (χ3v) is 3.33. The number of ether oxygens (including phenoxy) is 2. The summed E-state index contributed by atoms with van der Waals surface area (Å²) in [6.07, 6.45) is 2.56. The summed E-state index contributed by atoms with van der Waals surface area (Å²) in [5.74, 6) is 1.47. The van der Waals surface area contributed by atoms with Gasteiger partial charge in [-0.3, -0.25) is 4.79 Å². The molecular formula is C15H22N2O3. The van der Waals surface area contributed by atoms with E-state index in [2.05, 4.69) is 5.32 Å². The average molecular weight is 278 g/mol. The first-order valence-electron chi connectivity index (χ1n) is 6.97. The number of benzene rings is 1. The smallest absolute Gasteiger partial charge is 0.227 e. The Labute approximate surface area is 119 Å². The van der Waals surface area contributed by atoms with Crippen molar-refractivity contribution >= 4 is 11.6 Å². The van der Waals surface area contributed by atoms with Crippen molar-refractivity contribution in [3.8, 4) is 5.75 Å². The number of amides is 1. The molecule has 1 fully saturated rings. The number of nitrogens with two attached hydrogens (primary N) is 1. The van der Waals surface area contributed by atoms with Crippen LogP contribution in [0, 0.1) is 5.92 Å². The average Bonchev–Trinajstić information content (AvgIpc) is 3.28. The molecule has 5 nitrogen and oxygen atoms in total. The highest BCUT2D eigenvalue weighted by Crippen LogP contribution is 2.29. The molecule has 110 valence electrons. The Bertz CT molecular complexity index is 425. The van der Waals surface area contributed by atoms with Crippen molar-refractivity contribution < 1.29 is 14.3 Å². The second kappa shape index (κ2) is 7.26. The molecule has 5 heteroatoms. The molecule has 1 aliphatic rings. The van der Waals surface area contributed by atoms with E-state index < -0.39 is 0 Å². The number of nitrogens with one attached hydrogen (secondary N) is 1. The Morgan fingerprint density at radius 1 is 1.40 bits per heavy atom. The van der Waals surface area contributed by atoms with Crippen molar-refractivity contribution in [3.05, 3.63) is 24.3 Å². The van der Waals surface area contributed by atoms with Crippen molar-refractivity contribution in [2.45, 2.75) is 25.4 Å². The molecule has 20 heavy (non-hydrogen) atoms. The minimum Gasteiger partial charge on any atom is -0.493 e. The second-order valence-corrected chi connectivity index (χ2v) is 5.12. The molecule has 0 aromatic heterocycles. The Morgan fingerprint density at radius 3 is 2.65 bits per heavy atom. The van der Waals surface area contributed by atoms with Gasteiger partial charge in [-0.15, -0.1) is 0 Å². The van der Waals surface area contributed by atoms with Gasteiger partial charge in [-0.1, -0.05) is 0 Å². The van der Waals surface area contributed by atoms with E-state index in [1.807, 2.05) is 24.3 Å². The Hall–Kier alpha value is -1.59. The molecule has 0 saturated heterocycles. The fourth-order valence-electron chi connectivity index (χ4n) is 1.81. The zero-order valence-electron chi connectivity index (χ0n) is 11.8. The van der Waals surface area contributed by atoms with E-state index in [-0.39, 0.29) is 18.4 Å². The highest BCUT2D eigenvalue weighted by molar-refractivity contribution is 5.91. The van der Waals surface area contributed by atoms with Crippen molar-refractivity contribution in [3.63, 3.8) is 0 Å². The van der Waals surface area contributed by atoms with E-state index in [1.165, 1.54) is 12.8 Å². The molecule has 1 aromatic rings. The van der Waals surface area contributed by atoms with E-state index in [0.29, 0.717) is 6.54 Å². The maximum absolute atomic E-state index is 11.8. The highest BCUT2D eigenvalue weighted by Gasteiger charge is 2.21. The normalized spacial score (nSPS) is 15.7. The molecule has 0 heterocycles. The first-order chi connectivity index (χ1) is 9.71. The third-order valence-electron chi connectivity index (χ3n) is 3.33. The summed E-state index contributed by atoms with van der Waals surface area (Å²) in [5.41, 5.74) is 6.24. The number of anilines is 1. The largest absolute Gasteiger partial charge is 0.493 e. The Kier molecular flexibility index (Phi) is 5.38. The topological polar surface area (TPSA) is 73.6 Å². The maximum Gasteiger partial charge on any atom is 0.227 e. The quantitative estimate of drug-likeness (QED) is 0.760. The summed E-state index contributed by atoms with van der Waals surface area (Å²) >= 11 is 0. The van der Waals surface area contributed by atoms with Gasteiger partial charge in [0.25, 0.3) is 0 Å². The number of hydrogen-bond acceptors (Lipinski definition) is 4. The number of methoxy groups -OCH3 is 1. The minimum absolute atomic E-state index is 0.103. The molecule has 1 aliphatic carbocycles. The van der Waals surface area contributed by atoms with Crippen molar-refractivity contribution in [1.82, 2.24) is 0 Å². The van der Waals surface area contributed by atoms with Crippen LogP contribution in [0.3, 0.4) is 0 Å². The summed E-state index contributed by atoms with van der Waals surface area (Å²) in [6, 6.07) is 7.41. The van der Waals surface area contributed by atoms with E-state index in [0.717, 1.165) is 24.0 Å². The van der Waals surface area contributed by atoms with Crippen molar-refractivity contribution in [1.29, 1.82) is 0 Å². The van der Waals surface area contributed by atoms with Gasteiger partial charge in [0.1, 0.15) is 5.75 Å². The van der Waals surface area contributed by atoms with Crippen LogP contribution in [-0.4, -0.2) is 32.3 Å². The van der Waals surface area contributed by atoms with Crippen LogP contribution in [0.25, 0.3) is 0 Å². The monoisotopic (exact) mass is 278 g/mol. The summed E-state index contributed by atoms with van der Waals surface area (Å²) in [6.45, 7) is 1.12. The summed E-state index contributed by atoms with van der Waals surface area (Å²) in [4.78, 5) is 11.8. The summed E-state index contributed by atoms with van der Waals surface area (Å²) in [7, 11) is 1.55. The predicted octanol–water partition coefficient (Wildman–Crippen LogP) is 1.78. The van der Waals surface area contributed by atoms with Crippen LogP contribution in [0.2, 0.25) is 0 Å². The van der Waals surface area contributed by atoms with Gasteiger partial charge in [0.2, 0.25) is 5.91 Å². The molecule has 3 N–H and O–H groups in total. The van der Waals surface area contributed by atoms with Crippen LogP contribution in [-0.2, 0) is 9.53 Å². The van der Waals surface area contributed by atoms with Crippen molar-refractivity contribution in [2.75, 3.05) is 25.6 Å². The van der Waals surface area contributed by atoms with Crippen LogP contribution in [0.4, 0.5) is 5.69 Å². The molecular weight excluding hydrogens is 256 g/mol. The van der Waals surface area contributed by atoms with Gasteiger partial charge in [-0.25, -0.2) is 0 Å². The molecule has 2 rings (SSSR count). The number of rotatable bonds is 8. The van der Waals surface area contributed by atoms with Gasteiger partial charge in [-0.2, -0.15) is 0 Å². The van der Waals surface area contributed by atoms with Crippen molar-refractivity contribution in [2.24, 2.45) is 11.7 Å². The summed E-state index contributed by atoms with van der Waals surface area (Å²) < 4.78 is 10.7. The number of carbonyl (C=O) groups excluding carboxylic acids is 1. The van der Waals surface area contributed by atoms with Crippen LogP contribution < -0.4 is 15.8 Å². The van der Waals surface area contributed by atoms with Gasteiger partial charge in [0.15, 0.2) is 0 Å². The molecule has 1 aromatic carbocycles. The molecule has 0 radical (unpaired) electrons. The fraction of sp³-hybridized carbons (Fsp3) is 0.533. The van der Waals surface area contributed by atoms with E-state index in [9.17, 15) is 4.79 Å². The zero-order chi connectivity index (χ0) is 14.4. The van der Waals surface area contributed by atoms with Gasteiger partial charge >= 0.3 is 0 Å². The molecule has 1 atom stereocenters. The zero-order valence-corrected chi connectivity index (χ0v) is 11.8. The lowest BCUT2D eigenvalue weighted by Gasteiger charge is -2.13. The third kappa shape index (κ3) is 4.83. The first-order valence-corrected chi connectivity index (χ1v) is 6.97. The van der Waals surface area contributed by atoms with Crippen LogP contribution in [0.5, 0.6) is 5.75 Å². The van der Waals surface area contributed by atoms with Crippen LogP contribution in [0.15, 0.2) is 24.3 Å². The minimum atomic E-state index is -0.240. The Morgan fingerprint density at radius 2 is 2.10 bits per heavy atom. The Balaban J connectivity index is 1.78. The molecule has 1 unspecified atom stereocenters. The maximum atomic E-state index is 11.8. The summed E-state index contributed by atoms with van der Waals surface area (Å²) in [5, 5.41) is 2.82. The predicted molar refractivity (Wildman–Crippen MR) is 77.8 cm³/mol. The van der Waals surface area contributed by atoms with Crippen LogP contribution >= 0.6 is 0 Å². The first kappa shape index (κ1) is 14.8. The number of carbonyl (C=O) groups is 1. The molecule has 0 aliphatic heterocycles. The lowest BCUT2D eigenvalue weighted by Crippen LogP contribution is -2.28. The molecule has 0 spiro atoms. The lowest BCUT2D eigenvalue weighted by atomic mass is 10.2. The second-order valence-electron chi connectivity index (χ2n) is 5.12. The fourth-order valence-corrected chi connectivity index (χ4v) is 1.81. The van der Waals surface area contributed by atoms with Gasteiger partial charge in [-0.05, 0) is 43.0 Å².